The van der Waals surface area contributed by atoms with E-state index in [1.807, 2.05) is 6.08 Å². The third kappa shape index (κ3) is 7.54. The van der Waals surface area contributed by atoms with Gasteiger partial charge < -0.3 is 5.11 Å². The third-order valence-electron chi connectivity index (χ3n) is 1.25. The average Bonchev–Trinajstić information content (AvgIpc) is 1.80. The van der Waals surface area contributed by atoms with Crippen molar-refractivity contribution in [2.75, 3.05) is 0 Å². The summed E-state index contributed by atoms with van der Waals surface area (Å²) in [6, 6.07) is 0. The summed E-state index contributed by atoms with van der Waals surface area (Å²) in [6.45, 7) is 3.89. The van der Waals surface area contributed by atoms with Gasteiger partial charge in [0, 0.05) is 0 Å². The quantitative estimate of drug-likeness (QED) is 0.455. The molecule has 54 valence electrons. The summed E-state index contributed by atoms with van der Waals surface area (Å²) in [5.74, 6) is 0.450. The van der Waals surface area contributed by atoms with Crippen LogP contribution in [0, 0.1) is 0 Å². The normalized spacial score (nSPS) is 12.0. The van der Waals surface area contributed by atoms with Crippen LogP contribution in [0.3, 0.4) is 0 Å². The second-order valence-electron chi connectivity index (χ2n) is 2.34. The molecule has 0 atom stereocenters. The molecule has 1 nitrogen and oxygen atoms in total. The van der Waals surface area contributed by atoms with Gasteiger partial charge in [-0.3, -0.25) is 0 Å². The molecule has 0 amide bonds. The minimum atomic E-state index is 0.450. The summed E-state index contributed by atoms with van der Waals surface area (Å²) in [6.07, 6.45) is 6.61. The molecule has 0 heterocycles. The van der Waals surface area contributed by atoms with Gasteiger partial charge >= 0.3 is 0 Å². The van der Waals surface area contributed by atoms with Crippen LogP contribution in [0.25, 0.3) is 0 Å². The number of hydrogen-bond acceptors (Lipinski definition) is 1. The van der Waals surface area contributed by atoms with E-state index in [0.29, 0.717) is 5.76 Å². The number of allylic oxidation sites excluding steroid dienone is 2. The Kier molecular flexibility index (Phi) is 5.38. The van der Waals surface area contributed by atoms with Crippen LogP contribution in [-0.2, 0) is 0 Å². The predicted molar refractivity (Wildman–Crippen MR) is 40.5 cm³/mol. The molecule has 0 aromatic carbocycles. The van der Waals surface area contributed by atoms with Crippen LogP contribution in [0.2, 0.25) is 0 Å². The van der Waals surface area contributed by atoms with E-state index in [1.54, 1.807) is 6.92 Å². The Balaban J connectivity index is 3.00. The van der Waals surface area contributed by atoms with Crippen LogP contribution >= 0.6 is 0 Å². The summed E-state index contributed by atoms with van der Waals surface area (Å²) in [5.41, 5.74) is 0. The lowest BCUT2D eigenvalue weighted by atomic mass is 10.2. The first-order valence-corrected chi connectivity index (χ1v) is 3.63. The zero-order valence-corrected chi connectivity index (χ0v) is 6.35. The molecule has 0 saturated carbocycles. The molecule has 1 N–H and O–H groups in total. The number of hydrogen-bond donors (Lipinski definition) is 1. The lowest BCUT2D eigenvalue weighted by Gasteiger charge is -1.91. The SMILES string of the molecule is CCCCC/C=C(\C)O. The molecule has 0 aromatic rings. The fourth-order valence-corrected chi connectivity index (χ4v) is 0.705. The van der Waals surface area contributed by atoms with E-state index in [4.69, 9.17) is 5.11 Å². The first-order chi connectivity index (χ1) is 4.27. The van der Waals surface area contributed by atoms with Crippen molar-refractivity contribution in [3.05, 3.63) is 11.8 Å². The fraction of sp³-hybridized carbons (Fsp3) is 0.750. The summed E-state index contributed by atoms with van der Waals surface area (Å²) < 4.78 is 0. The van der Waals surface area contributed by atoms with Gasteiger partial charge in [0.25, 0.3) is 0 Å². The molecule has 0 bridgehead atoms. The van der Waals surface area contributed by atoms with Gasteiger partial charge in [0.15, 0.2) is 0 Å². The van der Waals surface area contributed by atoms with Crippen molar-refractivity contribution in [3.8, 4) is 0 Å². The number of aliphatic hydroxyl groups is 1. The minimum absolute atomic E-state index is 0.450. The van der Waals surface area contributed by atoms with Gasteiger partial charge in [0.2, 0.25) is 0 Å². The molecule has 0 aliphatic rings. The molecule has 9 heavy (non-hydrogen) atoms. The predicted octanol–water partition coefficient (Wildman–Crippen LogP) is 3.03. The molecule has 0 aliphatic heterocycles. The zero-order chi connectivity index (χ0) is 7.11. The molecule has 0 rings (SSSR count). The van der Waals surface area contributed by atoms with Gasteiger partial charge in [0.05, 0.1) is 5.76 Å². The Hall–Kier alpha value is -0.460. The van der Waals surface area contributed by atoms with Gasteiger partial charge in [-0.25, -0.2) is 0 Å². The smallest absolute Gasteiger partial charge is 0.0851 e. The highest BCUT2D eigenvalue weighted by Gasteiger charge is 1.82. The lowest BCUT2D eigenvalue weighted by molar-refractivity contribution is 0.410. The molecule has 0 fully saturated rings. The van der Waals surface area contributed by atoms with E-state index in [0.717, 1.165) is 6.42 Å². The first kappa shape index (κ1) is 8.54. The molecule has 0 radical (unpaired) electrons. The van der Waals surface area contributed by atoms with Crippen molar-refractivity contribution < 1.29 is 5.11 Å². The van der Waals surface area contributed by atoms with E-state index < -0.39 is 0 Å². The van der Waals surface area contributed by atoms with E-state index in [1.165, 1.54) is 19.3 Å². The number of unbranched alkanes of at least 4 members (excludes halogenated alkanes) is 3. The average molecular weight is 128 g/mol. The summed E-state index contributed by atoms with van der Waals surface area (Å²) in [7, 11) is 0. The standard InChI is InChI=1S/C8H16O/c1-3-4-5-6-7-8(2)9/h7,9H,3-6H2,1-2H3/b8-7+. The van der Waals surface area contributed by atoms with Crippen molar-refractivity contribution in [3.63, 3.8) is 0 Å². The van der Waals surface area contributed by atoms with Gasteiger partial charge in [-0.15, -0.1) is 0 Å². The Morgan fingerprint density at radius 3 is 2.56 bits per heavy atom. The van der Waals surface area contributed by atoms with Gasteiger partial charge in [-0.05, 0) is 25.8 Å². The van der Waals surface area contributed by atoms with Crippen LogP contribution in [0.15, 0.2) is 11.8 Å². The second-order valence-corrected chi connectivity index (χ2v) is 2.34. The topological polar surface area (TPSA) is 20.2 Å². The molecule has 0 aromatic heterocycles. The number of rotatable bonds is 4. The van der Waals surface area contributed by atoms with E-state index in [2.05, 4.69) is 6.92 Å². The van der Waals surface area contributed by atoms with Crippen LogP contribution in [0.1, 0.15) is 39.5 Å². The molecule has 0 aliphatic carbocycles. The highest BCUT2D eigenvalue weighted by atomic mass is 16.3. The Labute approximate surface area is 57.4 Å². The maximum Gasteiger partial charge on any atom is 0.0851 e. The Morgan fingerprint density at radius 1 is 1.44 bits per heavy atom. The zero-order valence-electron chi connectivity index (χ0n) is 6.35. The third-order valence-corrected chi connectivity index (χ3v) is 1.25. The van der Waals surface area contributed by atoms with Crippen LogP contribution in [0.5, 0.6) is 0 Å². The van der Waals surface area contributed by atoms with Gasteiger partial charge in [0.1, 0.15) is 0 Å². The summed E-state index contributed by atoms with van der Waals surface area (Å²) >= 11 is 0. The summed E-state index contributed by atoms with van der Waals surface area (Å²) in [5, 5.41) is 8.71. The fourth-order valence-electron chi connectivity index (χ4n) is 0.705. The molecule has 0 spiro atoms. The second kappa shape index (κ2) is 5.67. The van der Waals surface area contributed by atoms with Crippen molar-refractivity contribution in [2.24, 2.45) is 0 Å². The van der Waals surface area contributed by atoms with Crippen LogP contribution in [-0.4, -0.2) is 5.11 Å². The van der Waals surface area contributed by atoms with Crippen LogP contribution < -0.4 is 0 Å². The van der Waals surface area contributed by atoms with Gasteiger partial charge in [-0.2, -0.15) is 0 Å². The number of aliphatic hydroxyl groups excluding tert-OH is 1. The van der Waals surface area contributed by atoms with Gasteiger partial charge in [-0.1, -0.05) is 19.8 Å². The summed E-state index contributed by atoms with van der Waals surface area (Å²) in [4.78, 5) is 0. The van der Waals surface area contributed by atoms with Crippen LogP contribution in [0.4, 0.5) is 0 Å². The molecular weight excluding hydrogens is 112 g/mol. The first-order valence-electron chi connectivity index (χ1n) is 3.63. The van der Waals surface area contributed by atoms with Crippen molar-refractivity contribution in [1.82, 2.24) is 0 Å². The van der Waals surface area contributed by atoms with E-state index in [9.17, 15) is 0 Å². The largest absolute Gasteiger partial charge is 0.513 e. The highest BCUT2D eigenvalue weighted by Crippen LogP contribution is 2.00. The molecule has 0 unspecified atom stereocenters. The monoisotopic (exact) mass is 128 g/mol. The molecular formula is C8H16O. The Bertz CT molecular complexity index is 80.6. The minimum Gasteiger partial charge on any atom is -0.513 e. The molecule has 1 heteroatoms. The van der Waals surface area contributed by atoms with Crippen molar-refractivity contribution in [1.29, 1.82) is 0 Å². The van der Waals surface area contributed by atoms with E-state index in [-0.39, 0.29) is 0 Å². The maximum absolute atomic E-state index is 8.71. The van der Waals surface area contributed by atoms with Crippen molar-refractivity contribution >= 4 is 0 Å². The lowest BCUT2D eigenvalue weighted by Crippen LogP contribution is -1.73. The maximum atomic E-state index is 8.71. The van der Waals surface area contributed by atoms with E-state index >= 15 is 0 Å². The molecule has 0 saturated heterocycles. The van der Waals surface area contributed by atoms with Crippen molar-refractivity contribution in [2.45, 2.75) is 39.5 Å². The highest BCUT2D eigenvalue weighted by molar-refractivity contribution is 4.84. The Morgan fingerprint density at radius 2 is 2.11 bits per heavy atom.